The highest BCUT2D eigenvalue weighted by Crippen LogP contribution is 2.26. The molecule has 0 bridgehead atoms. The van der Waals surface area contributed by atoms with Crippen LogP contribution in [0.25, 0.3) is 11.3 Å². The fraction of sp³-hybridized carbons (Fsp3) is 0.250. The number of piperazine rings is 1. The van der Waals surface area contributed by atoms with Gasteiger partial charge in [0.05, 0.1) is 5.69 Å². The van der Waals surface area contributed by atoms with Gasteiger partial charge >= 0.3 is 0 Å². The summed E-state index contributed by atoms with van der Waals surface area (Å²) in [6, 6.07) is 13.3. The number of amides is 1. The Kier molecular flexibility index (Phi) is 8.02. The van der Waals surface area contributed by atoms with Gasteiger partial charge in [0.15, 0.2) is 0 Å². The number of aromatic nitrogens is 4. The van der Waals surface area contributed by atoms with Crippen molar-refractivity contribution in [1.82, 2.24) is 29.7 Å². The third-order valence-corrected chi connectivity index (χ3v) is 7.30. The van der Waals surface area contributed by atoms with Crippen LogP contribution in [0.5, 0.6) is 0 Å². The summed E-state index contributed by atoms with van der Waals surface area (Å²) in [5.74, 6) is 0.270. The van der Waals surface area contributed by atoms with Crippen molar-refractivity contribution in [3.05, 3.63) is 88.5 Å². The van der Waals surface area contributed by atoms with Gasteiger partial charge in [-0.15, -0.1) is 0 Å². The number of aryl methyl sites for hydroxylation is 1. The summed E-state index contributed by atoms with van der Waals surface area (Å²) in [4.78, 5) is 34.9. The Morgan fingerprint density at radius 2 is 1.82 bits per heavy atom. The average Bonchev–Trinajstić information content (AvgIpc) is 2.93. The maximum Gasteiger partial charge on any atom is 0.255 e. The van der Waals surface area contributed by atoms with Crippen LogP contribution >= 0.6 is 15.9 Å². The Labute approximate surface area is 230 Å². The zero-order valence-corrected chi connectivity index (χ0v) is 22.9. The zero-order chi connectivity index (χ0) is 26.5. The van der Waals surface area contributed by atoms with Crippen LogP contribution in [-0.2, 0) is 6.54 Å². The van der Waals surface area contributed by atoms with Gasteiger partial charge in [-0.2, -0.15) is 0 Å². The molecule has 0 unspecified atom stereocenters. The Balaban J connectivity index is 1.26. The van der Waals surface area contributed by atoms with Crippen molar-refractivity contribution >= 4 is 39.2 Å². The van der Waals surface area contributed by atoms with Gasteiger partial charge in [0, 0.05) is 78.3 Å². The van der Waals surface area contributed by atoms with Crippen molar-refractivity contribution < 1.29 is 4.79 Å². The number of hydrogen-bond acceptors (Lipinski definition) is 8. The maximum absolute atomic E-state index is 13.1. The molecule has 5 rings (SSSR count). The highest BCUT2D eigenvalue weighted by Gasteiger charge is 2.16. The SMILES string of the molecule is Cc1ccc(NC(=O)c2ccc(CN3CCN(C)CC3)c(Br)c2)cc1Nc1nccc(-c2cncnc2)n1. The van der Waals surface area contributed by atoms with Crippen molar-refractivity contribution in [2.45, 2.75) is 13.5 Å². The van der Waals surface area contributed by atoms with E-state index >= 15 is 0 Å². The number of hydrogen-bond donors (Lipinski definition) is 2. The summed E-state index contributed by atoms with van der Waals surface area (Å²) in [5, 5.41) is 6.27. The minimum atomic E-state index is -0.172. The zero-order valence-electron chi connectivity index (χ0n) is 21.4. The topological polar surface area (TPSA) is 99.2 Å². The second-order valence-corrected chi connectivity index (χ2v) is 10.2. The molecule has 0 radical (unpaired) electrons. The van der Waals surface area contributed by atoms with Gasteiger partial charge < -0.3 is 15.5 Å². The number of rotatable bonds is 7. The molecule has 1 aliphatic rings. The number of benzene rings is 2. The van der Waals surface area contributed by atoms with Gasteiger partial charge in [0.25, 0.3) is 5.91 Å². The van der Waals surface area contributed by atoms with E-state index in [1.165, 1.54) is 11.9 Å². The van der Waals surface area contributed by atoms with Crippen LogP contribution < -0.4 is 10.6 Å². The van der Waals surface area contributed by atoms with E-state index in [4.69, 9.17) is 0 Å². The van der Waals surface area contributed by atoms with Crippen LogP contribution in [0.3, 0.4) is 0 Å². The largest absolute Gasteiger partial charge is 0.324 e. The summed E-state index contributed by atoms with van der Waals surface area (Å²) < 4.78 is 0.941. The smallest absolute Gasteiger partial charge is 0.255 e. The number of carbonyl (C=O) groups excluding carboxylic acids is 1. The van der Waals surface area contributed by atoms with Crippen LogP contribution in [0.4, 0.5) is 17.3 Å². The molecule has 4 aromatic rings. The number of nitrogens with zero attached hydrogens (tertiary/aromatic N) is 6. The summed E-state index contributed by atoms with van der Waals surface area (Å²) >= 11 is 3.67. The molecule has 0 atom stereocenters. The predicted octanol–water partition coefficient (Wildman–Crippen LogP) is 4.75. The first-order valence-corrected chi connectivity index (χ1v) is 13.2. The van der Waals surface area contributed by atoms with Gasteiger partial charge in [-0.3, -0.25) is 9.69 Å². The van der Waals surface area contributed by atoms with E-state index < -0.39 is 0 Å². The van der Waals surface area contributed by atoms with Gasteiger partial charge in [-0.1, -0.05) is 28.1 Å². The normalized spacial score (nSPS) is 14.3. The molecule has 0 aliphatic carbocycles. The molecule has 3 heterocycles. The lowest BCUT2D eigenvalue weighted by Crippen LogP contribution is -2.43. The van der Waals surface area contributed by atoms with Crippen LogP contribution in [0.15, 0.2) is 71.9 Å². The third kappa shape index (κ3) is 6.39. The second kappa shape index (κ2) is 11.8. The number of nitrogens with one attached hydrogen (secondary N) is 2. The van der Waals surface area contributed by atoms with Gasteiger partial charge in [0.2, 0.25) is 5.95 Å². The first kappa shape index (κ1) is 25.9. The standard InChI is InChI=1S/C28H29BrN8O/c1-19-3-6-23(14-26(19)35-28-32-8-7-25(34-28)22-15-30-18-31-16-22)33-27(38)20-4-5-21(24(29)13-20)17-37-11-9-36(2)10-12-37/h3-8,13-16,18H,9-12,17H2,1-2H3,(H,33,38)(H,32,34,35). The average molecular weight is 573 g/mol. The minimum absolute atomic E-state index is 0.172. The fourth-order valence-corrected chi connectivity index (χ4v) is 4.74. The lowest BCUT2D eigenvalue weighted by Gasteiger charge is -2.32. The molecule has 0 spiro atoms. The maximum atomic E-state index is 13.1. The monoisotopic (exact) mass is 572 g/mol. The Hall–Kier alpha value is -3.73. The Bertz CT molecular complexity index is 1420. The molecule has 9 nitrogen and oxygen atoms in total. The molecule has 1 aliphatic heterocycles. The Morgan fingerprint density at radius 1 is 1.03 bits per heavy atom. The third-order valence-electron chi connectivity index (χ3n) is 6.56. The Morgan fingerprint density at radius 3 is 2.58 bits per heavy atom. The summed E-state index contributed by atoms with van der Waals surface area (Å²) in [6.07, 6.45) is 6.58. The molecular formula is C28H29BrN8O. The summed E-state index contributed by atoms with van der Waals surface area (Å²) in [7, 11) is 2.15. The van der Waals surface area contributed by atoms with Crippen LogP contribution in [0.1, 0.15) is 21.5 Å². The number of likely N-dealkylation sites (N-methyl/N-ethyl adjacent to an activating group) is 1. The second-order valence-electron chi connectivity index (χ2n) is 9.39. The summed E-state index contributed by atoms with van der Waals surface area (Å²) in [5.41, 5.74) is 5.76. The molecule has 10 heteroatoms. The molecule has 2 N–H and O–H groups in total. The number of carbonyl (C=O) groups is 1. The highest BCUT2D eigenvalue weighted by molar-refractivity contribution is 9.10. The molecule has 1 saturated heterocycles. The number of anilines is 3. The number of halogens is 1. The van der Waals surface area contributed by atoms with E-state index in [9.17, 15) is 4.79 Å². The van der Waals surface area contributed by atoms with Crippen molar-refractivity contribution in [1.29, 1.82) is 0 Å². The van der Waals surface area contributed by atoms with Crippen molar-refractivity contribution in [2.75, 3.05) is 43.9 Å². The lowest BCUT2D eigenvalue weighted by molar-refractivity contribution is 0.102. The molecule has 1 amide bonds. The van der Waals surface area contributed by atoms with Gasteiger partial charge in [-0.05, 0) is 55.4 Å². The van der Waals surface area contributed by atoms with Crippen LogP contribution in [-0.4, -0.2) is 68.9 Å². The molecule has 1 fully saturated rings. The quantitative estimate of drug-likeness (QED) is 0.327. The summed E-state index contributed by atoms with van der Waals surface area (Å²) in [6.45, 7) is 7.09. The molecule has 2 aromatic heterocycles. The van der Waals surface area contributed by atoms with E-state index in [-0.39, 0.29) is 5.91 Å². The van der Waals surface area contributed by atoms with E-state index in [1.807, 2.05) is 49.4 Å². The molecule has 38 heavy (non-hydrogen) atoms. The highest BCUT2D eigenvalue weighted by atomic mass is 79.9. The predicted molar refractivity (Wildman–Crippen MR) is 152 cm³/mol. The first-order valence-electron chi connectivity index (χ1n) is 12.4. The first-order chi connectivity index (χ1) is 18.4. The van der Waals surface area contributed by atoms with E-state index in [2.05, 4.69) is 63.3 Å². The fourth-order valence-electron chi connectivity index (χ4n) is 4.23. The van der Waals surface area contributed by atoms with Crippen molar-refractivity contribution in [3.8, 4) is 11.3 Å². The van der Waals surface area contributed by atoms with E-state index in [0.29, 0.717) is 22.9 Å². The lowest BCUT2D eigenvalue weighted by atomic mass is 10.1. The van der Waals surface area contributed by atoms with E-state index in [0.717, 1.165) is 54.0 Å². The van der Waals surface area contributed by atoms with Crippen LogP contribution in [0, 0.1) is 6.92 Å². The molecule has 2 aromatic carbocycles. The molecule has 194 valence electrons. The van der Waals surface area contributed by atoms with E-state index in [1.54, 1.807) is 18.6 Å². The van der Waals surface area contributed by atoms with Gasteiger partial charge in [0.1, 0.15) is 6.33 Å². The van der Waals surface area contributed by atoms with Crippen molar-refractivity contribution in [3.63, 3.8) is 0 Å². The molecule has 0 saturated carbocycles. The molecular weight excluding hydrogens is 544 g/mol. The minimum Gasteiger partial charge on any atom is -0.324 e. The van der Waals surface area contributed by atoms with Crippen LogP contribution in [0.2, 0.25) is 0 Å². The van der Waals surface area contributed by atoms with Crippen molar-refractivity contribution in [2.24, 2.45) is 0 Å². The van der Waals surface area contributed by atoms with Gasteiger partial charge in [-0.25, -0.2) is 19.9 Å².